The van der Waals surface area contributed by atoms with E-state index in [9.17, 15) is 4.79 Å². The number of halogens is 1. The van der Waals surface area contributed by atoms with Crippen molar-refractivity contribution < 1.29 is 4.79 Å². The van der Waals surface area contributed by atoms with Crippen LogP contribution < -0.4 is 11.1 Å². The van der Waals surface area contributed by atoms with Crippen LogP contribution in [0.5, 0.6) is 0 Å². The number of nitrogens with one attached hydrogen (secondary N) is 1. The number of hydrogen-bond donors (Lipinski definition) is 2. The van der Waals surface area contributed by atoms with Crippen LogP contribution in [0, 0.1) is 0 Å². The van der Waals surface area contributed by atoms with Gasteiger partial charge in [0.1, 0.15) is 11.0 Å². The van der Waals surface area contributed by atoms with Crippen molar-refractivity contribution in [3.05, 3.63) is 23.4 Å². The molecule has 2 rings (SSSR count). The molecule has 5 heteroatoms. The van der Waals surface area contributed by atoms with Crippen LogP contribution in [0.2, 0.25) is 5.15 Å². The summed E-state index contributed by atoms with van der Waals surface area (Å²) in [4.78, 5) is 15.4. The highest BCUT2D eigenvalue weighted by Crippen LogP contribution is 2.33. The maximum Gasteiger partial charge on any atom is 0.245 e. The Hall–Kier alpha value is -1.13. The molecule has 0 aliphatic heterocycles. The molecule has 0 unspecified atom stereocenters. The number of carbonyl (C=O) groups excluding carboxylic acids is 1. The van der Waals surface area contributed by atoms with Crippen molar-refractivity contribution >= 4 is 23.3 Å². The summed E-state index contributed by atoms with van der Waals surface area (Å²) in [6.07, 6.45) is 1.47. The summed E-state index contributed by atoms with van der Waals surface area (Å²) in [5, 5.41) is 2.98. The second-order valence-electron chi connectivity index (χ2n) is 3.46. The van der Waals surface area contributed by atoms with Crippen LogP contribution in [0.3, 0.4) is 0 Å². The van der Waals surface area contributed by atoms with Crippen molar-refractivity contribution in [2.45, 2.75) is 18.4 Å². The lowest BCUT2D eigenvalue weighted by Gasteiger charge is -2.08. The molecule has 74 valence electrons. The molecule has 1 aromatic heterocycles. The Balaban J connectivity index is 2.07. The standard InChI is InChI=1S/C9H10ClN3O/c10-6-2-1-3-7(12-6)13-8(14)9(11)4-5-9/h1-3H,4-5,11H2,(H,12,13,14). The first-order chi connectivity index (χ1) is 6.60. The summed E-state index contributed by atoms with van der Waals surface area (Å²) < 4.78 is 0. The van der Waals surface area contributed by atoms with Crippen molar-refractivity contribution in [2.24, 2.45) is 5.73 Å². The molecule has 0 atom stereocenters. The number of nitrogens with two attached hydrogens (primary N) is 1. The molecule has 1 amide bonds. The number of nitrogens with zero attached hydrogens (tertiary/aromatic N) is 1. The van der Waals surface area contributed by atoms with Crippen LogP contribution >= 0.6 is 11.6 Å². The summed E-state index contributed by atoms with van der Waals surface area (Å²) >= 11 is 5.66. The number of hydrogen-bond acceptors (Lipinski definition) is 3. The van der Waals surface area contributed by atoms with Gasteiger partial charge in [-0.1, -0.05) is 17.7 Å². The lowest BCUT2D eigenvalue weighted by Crippen LogP contribution is -2.38. The maximum atomic E-state index is 11.5. The second-order valence-corrected chi connectivity index (χ2v) is 3.84. The van der Waals surface area contributed by atoms with Crippen molar-refractivity contribution in [2.75, 3.05) is 5.32 Å². The van der Waals surface area contributed by atoms with E-state index in [-0.39, 0.29) is 5.91 Å². The average molecular weight is 212 g/mol. The summed E-state index contributed by atoms with van der Waals surface area (Å²) in [6.45, 7) is 0. The van der Waals surface area contributed by atoms with E-state index >= 15 is 0 Å². The summed E-state index contributed by atoms with van der Waals surface area (Å²) in [6, 6.07) is 5.04. The predicted molar refractivity (Wildman–Crippen MR) is 54.0 cm³/mol. The fraction of sp³-hybridized carbons (Fsp3) is 0.333. The lowest BCUT2D eigenvalue weighted by molar-refractivity contribution is -0.118. The van der Waals surface area contributed by atoms with Crippen LogP contribution in [0.25, 0.3) is 0 Å². The molecule has 1 aliphatic rings. The van der Waals surface area contributed by atoms with Gasteiger partial charge in [-0.15, -0.1) is 0 Å². The van der Waals surface area contributed by atoms with Gasteiger partial charge >= 0.3 is 0 Å². The minimum Gasteiger partial charge on any atom is -0.317 e. The Bertz CT molecular complexity index is 376. The Morgan fingerprint density at radius 1 is 1.57 bits per heavy atom. The fourth-order valence-electron chi connectivity index (χ4n) is 1.08. The molecule has 0 radical (unpaired) electrons. The van der Waals surface area contributed by atoms with Gasteiger partial charge in [-0.05, 0) is 25.0 Å². The van der Waals surface area contributed by atoms with E-state index in [0.29, 0.717) is 11.0 Å². The summed E-state index contributed by atoms with van der Waals surface area (Å²) in [7, 11) is 0. The topological polar surface area (TPSA) is 68.0 Å². The Labute approximate surface area is 86.5 Å². The minimum atomic E-state index is -0.677. The van der Waals surface area contributed by atoms with E-state index < -0.39 is 5.54 Å². The number of anilines is 1. The Morgan fingerprint density at radius 3 is 2.86 bits per heavy atom. The smallest absolute Gasteiger partial charge is 0.245 e. The van der Waals surface area contributed by atoms with Crippen molar-refractivity contribution in [3.63, 3.8) is 0 Å². The van der Waals surface area contributed by atoms with Gasteiger partial charge in [0.15, 0.2) is 0 Å². The van der Waals surface area contributed by atoms with Gasteiger partial charge in [-0.25, -0.2) is 4.98 Å². The Kier molecular flexibility index (Phi) is 2.17. The van der Waals surface area contributed by atoms with Crippen LogP contribution in [0.1, 0.15) is 12.8 Å². The molecule has 0 bridgehead atoms. The molecule has 0 aromatic carbocycles. The van der Waals surface area contributed by atoms with Crippen molar-refractivity contribution in [1.29, 1.82) is 0 Å². The van der Waals surface area contributed by atoms with E-state index in [1.165, 1.54) is 0 Å². The number of aromatic nitrogens is 1. The van der Waals surface area contributed by atoms with E-state index in [4.69, 9.17) is 17.3 Å². The molecular weight excluding hydrogens is 202 g/mol. The zero-order chi connectivity index (χ0) is 10.2. The third-order valence-electron chi connectivity index (χ3n) is 2.20. The maximum absolute atomic E-state index is 11.5. The van der Waals surface area contributed by atoms with Gasteiger partial charge in [-0.2, -0.15) is 0 Å². The van der Waals surface area contributed by atoms with Crippen LogP contribution in [-0.2, 0) is 4.79 Å². The third-order valence-corrected chi connectivity index (χ3v) is 2.41. The highest BCUT2D eigenvalue weighted by atomic mass is 35.5. The first-order valence-corrected chi connectivity index (χ1v) is 4.71. The predicted octanol–water partition coefficient (Wildman–Crippen LogP) is 1.16. The van der Waals surface area contributed by atoms with Crippen LogP contribution in [-0.4, -0.2) is 16.4 Å². The molecule has 1 aromatic rings. The van der Waals surface area contributed by atoms with Crippen molar-refractivity contribution in [1.82, 2.24) is 4.98 Å². The highest BCUT2D eigenvalue weighted by Gasteiger charge is 2.46. The summed E-state index contributed by atoms with van der Waals surface area (Å²) in [5.74, 6) is 0.256. The Morgan fingerprint density at radius 2 is 2.29 bits per heavy atom. The fourth-order valence-corrected chi connectivity index (χ4v) is 1.24. The second kappa shape index (κ2) is 3.22. The number of rotatable bonds is 2. The van der Waals surface area contributed by atoms with Crippen LogP contribution in [0.15, 0.2) is 18.2 Å². The lowest BCUT2D eigenvalue weighted by atomic mass is 10.3. The molecule has 4 nitrogen and oxygen atoms in total. The van der Waals surface area contributed by atoms with E-state index in [2.05, 4.69) is 10.3 Å². The first-order valence-electron chi connectivity index (χ1n) is 4.33. The quantitative estimate of drug-likeness (QED) is 0.722. The normalized spacial score (nSPS) is 17.6. The zero-order valence-electron chi connectivity index (χ0n) is 7.46. The van der Waals surface area contributed by atoms with Gasteiger partial charge in [0, 0.05) is 0 Å². The SMILES string of the molecule is NC1(C(=O)Nc2cccc(Cl)n2)CC1. The number of pyridine rings is 1. The highest BCUT2D eigenvalue weighted by molar-refractivity contribution is 6.29. The molecule has 1 aliphatic carbocycles. The van der Waals surface area contributed by atoms with Gasteiger partial charge in [-0.3, -0.25) is 4.79 Å². The number of amides is 1. The molecule has 0 spiro atoms. The van der Waals surface area contributed by atoms with Gasteiger partial charge in [0.05, 0.1) is 5.54 Å². The summed E-state index contributed by atoms with van der Waals surface area (Å²) in [5.41, 5.74) is 5.03. The molecule has 3 N–H and O–H groups in total. The van der Waals surface area contributed by atoms with Crippen molar-refractivity contribution in [3.8, 4) is 0 Å². The molecule has 1 fully saturated rings. The van der Waals surface area contributed by atoms with Crippen LogP contribution in [0.4, 0.5) is 5.82 Å². The van der Waals surface area contributed by atoms with E-state index in [0.717, 1.165) is 12.8 Å². The average Bonchev–Trinajstić information content (AvgIpc) is 2.85. The molecule has 0 saturated heterocycles. The van der Waals surface area contributed by atoms with Gasteiger partial charge < -0.3 is 11.1 Å². The molecule has 1 saturated carbocycles. The number of carbonyl (C=O) groups is 1. The molecule has 14 heavy (non-hydrogen) atoms. The monoisotopic (exact) mass is 211 g/mol. The largest absolute Gasteiger partial charge is 0.317 e. The zero-order valence-corrected chi connectivity index (χ0v) is 8.21. The van der Waals surface area contributed by atoms with E-state index in [1.807, 2.05) is 0 Å². The third kappa shape index (κ3) is 1.86. The van der Waals surface area contributed by atoms with Gasteiger partial charge in [0.25, 0.3) is 0 Å². The first kappa shape index (κ1) is 9.43. The minimum absolute atomic E-state index is 0.188. The molecule has 1 heterocycles. The van der Waals surface area contributed by atoms with E-state index in [1.54, 1.807) is 18.2 Å². The van der Waals surface area contributed by atoms with Gasteiger partial charge in [0.2, 0.25) is 5.91 Å². The molecular formula is C9H10ClN3O.